The first-order chi connectivity index (χ1) is 8.56. The number of carbonyl (C=O) groups is 1. The van der Waals surface area contributed by atoms with Gasteiger partial charge in [0.2, 0.25) is 5.91 Å². The van der Waals surface area contributed by atoms with Crippen LogP contribution in [-0.2, 0) is 11.2 Å². The van der Waals surface area contributed by atoms with Gasteiger partial charge < -0.3 is 16.2 Å². The Labute approximate surface area is 106 Å². The molecule has 0 aromatic heterocycles. The third-order valence-corrected chi connectivity index (χ3v) is 3.11. The normalized spacial score (nSPS) is 22.4. The van der Waals surface area contributed by atoms with Crippen LogP contribution in [0.1, 0.15) is 29.3 Å². The van der Waals surface area contributed by atoms with Gasteiger partial charge in [-0.2, -0.15) is 0 Å². The molecular formula is C13H17N3O2. The smallest absolute Gasteiger partial charge is 0.282 e. The van der Waals surface area contributed by atoms with Gasteiger partial charge in [0.05, 0.1) is 6.04 Å². The quantitative estimate of drug-likeness (QED) is 0.825. The molecule has 5 heteroatoms. The standard InChI is InChI=1S/C13H17N3O2/c1-8-11(16-13(15)18-8)7-4-9-2-5-10(6-3-9)12(14)17/h2-3,5-6,8,11H,4,7H2,1H3,(H2,14,17)(H2,15,16)/t8-,11-/m0/s1. The number of primary amides is 1. The maximum Gasteiger partial charge on any atom is 0.282 e. The van der Waals surface area contributed by atoms with Crippen LogP contribution in [0, 0.1) is 0 Å². The summed E-state index contributed by atoms with van der Waals surface area (Å²) in [6, 6.07) is 7.69. The predicted octanol–water partition coefficient (Wildman–Crippen LogP) is 0.820. The molecule has 1 aromatic carbocycles. The van der Waals surface area contributed by atoms with Crippen molar-refractivity contribution in [1.82, 2.24) is 0 Å². The minimum absolute atomic E-state index is 0.0369. The minimum atomic E-state index is -0.406. The first-order valence-electron chi connectivity index (χ1n) is 5.95. The van der Waals surface area contributed by atoms with Crippen molar-refractivity contribution in [3.05, 3.63) is 35.4 Å². The van der Waals surface area contributed by atoms with E-state index < -0.39 is 5.91 Å². The van der Waals surface area contributed by atoms with Crippen molar-refractivity contribution in [3.8, 4) is 0 Å². The second-order valence-corrected chi connectivity index (χ2v) is 4.46. The van der Waals surface area contributed by atoms with Crippen LogP contribution >= 0.6 is 0 Å². The van der Waals surface area contributed by atoms with Crippen molar-refractivity contribution in [2.24, 2.45) is 16.5 Å². The zero-order valence-corrected chi connectivity index (χ0v) is 10.3. The summed E-state index contributed by atoms with van der Waals surface area (Å²) in [5, 5.41) is 0. The summed E-state index contributed by atoms with van der Waals surface area (Å²) in [6.07, 6.45) is 1.78. The molecule has 5 nitrogen and oxygen atoms in total. The molecule has 0 bridgehead atoms. The number of amidine groups is 1. The second-order valence-electron chi connectivity index (χ2n) is 4.46. The number of ether oxygens (including phenoxy) is 1. The van der Waals surface area contributed by atoms with Crippen LogP contribution in [0.4, 0.5) is 0 Å². The monoisotopic (exact) mass is 247 g/mol. The Hall–Kier alpha value is -2.04. The zero-order chi connectivity index (χ0) is 13.1. The molecule has 1 heterocycles. The molecule has 18 heavy (non-hydrogen) atoms. The topological polar surface area (TPSA) is 90.7 Å². The molecule has 2 rings (SSSR count). The lowest BCUT2D eigenvalue weighted by Crippen LogP contribution is -2.20. The van der Waals surface area contributed by atoms with Gasteiger partial charge in [-0.05, 0) is 37.5 Å². The zero-order valence-electron chi connectivity index (χ0n) is 10.3. The third kappa shape index (κ3) is 2.80. The average molecular weight is 247 g/mol. The van der Waals surface area contributed by atoms with Crippen molar-refractivity contribution in [2.45, 2.75) is 31.9 Å². The molecule has 1 amide bonds. The van der Waals surface area contributed by atoms with Crippen LogP contribution in [0.25, 0.3) is 0 Å². The predicted molar refractivity (Wildman–Crippen MR) is 69.2 cm³/mol. The molecule has 1 aliphatic rings. The maximum absolute atomic E-state index is 10.9. The fraction of sp³-hybridized carbons (Fsp3) is 0.385. The van der Waals surface area contributed by atoms with E-state index in [1.165, 1.54) is 0 Å². The fourth-order valence-corrected chi connectivity index (χ4v) is 2.02. The highest BCUT2D eigenvalue weighted by atomic mass is 16.5. The van der Waals surface area contributed by atoms with Gasteiger partial charge in [0, 0.05) is 5.56 Å². The lowest BCUT2D eigenvalue weighted by atomic mass is 10.0. The highest BCUT2D eigenvalue weighted by molar-refractivity contribution is 5.92. The number of nitrogens with two attached hydrogens (primary N) is 2. The molecule has 4 N–H and O–H groups in total. The SMILES string of the molecule is C[C@@H]1OC(N)=N[C@H]1CCc1ccc(C(N)=O)cc1. The van der Waals surface area contributed by atoms with Crippen LogP contribution in [0.5, 0.6) is 0 Å². The fourth-order valence-electron chi connectivity index (χ4n) is 2.02. The van der Waals surface area contributed by atoms with Gasteiger partial charge in [-0.1, -0.05) is 12.1 Å². The van der Waals surface area contributed by atoms with Gasteiger partial charge in [-0.3, -0.25) is 4.79 Å². The average Bonchev–Trinajstić information content (AvgIpc) is 2.66. The van der Waals surface area contributed by atoms with E-state index >= 15 is 0 Å². The number of rotatable bonds is 4. The molecule has 0 saturated heterocycles. The van der Waals surface area contributed by atoms with Crippen molar-refractivity contribution in [1.29, 1.82) is 0 Å². The second kappa shape index (κ2) is 5.08. The van der Waals surface area contributed by atoms with E-state index in [9.17, 15) is 4.79 Å². The summed E-state index contributed by atoms with van der Waals surface area (Å²) >= 11 is 0. The number of amides is 1. The summed E-state index contributed by atoms with van der Waals surface area (Å²) in [7, 11) is 0. The molecule has 96 valence electrons. The summed E-state index contributed by atoms with van der Waals surface area (Å²) < 4.78 is 5.28. The summed E-state index contributed by atoms with van der Waals surface area (Å²) in [6.45, 7) is 1.96. The van der Waals surface area contributed by atoms with Gasteiger partial charge in [-0.25, -0.2) is 4.99 Å². The summed E-state index contributed by atoms with van der Waals surface area (Å²) in [4.78, 5) is 15.2. The summed E-state index contributed by atoms with van der Waals surface area (Å²) in [5.41, 5.74) is 12.4. The lowest BCUT2D eigenvalue weighted by molar-refractivity contribution is 0.100. The summed E-state index contributed by atoms with van der Waals surface area (Å²) in [5.74, 6) is -0.406. The van der Waals surface area contributed by atoms with E-state index in [0.717, 1.165) is 18.4 Å². The van der Waals surface area contributed by atoms with Gasteiger partial charge in [0.1, 0.15) is 6.10 Å². The van der Waals surface area contributed by atoms with Gasteiger partial charge in [-0.15, -0.1) is 0 Å². The number of hydrogen-bond acceptors (Lipinski definition) is 4. The molecule has 1 aliphatic heterocycles. The van der Waals surface area contributed by atoms with E-state index in [0.29, 0.717) is 5.56 Å². The van der Waals surface area contributed by atoms with Crippen LogP contribution in [-0.4, -0.2) is 24.1 Å². The van der Waals surface area contributed by atoms with Crippen LogP contribution in [0.3, 0.4) is 0 Å². The Balaban J connectivity index is 1.92. The third-order valence-electron chi connectivity index (χ3n) is 3.11. The van der Waals surface area contributed by atoms with Crippen LogP contribution in [0.15, 0.2) is 29.3 Å². The lowest BCUT2D eigenvalue weighted by Gasteiger charge is -2.11. The Kier molecular flexibility index (Phi) is 3.50. The number of carbonyl (C=O) groups excluding carboxylic acids is 1. The van der Waals surface area contributed by atoms with Crippen molar-refractivity contribution in [2.75, 3.05) is 0 Å². The van der Waals surface area contributed by atoms with Crippen LogP contribution in [0.2, 0.25) is 0 Å². The molecule has 2 atom stereocenters. The molecule has 0 fully saturated rings. The molecule has 0 radical (unpaired) electrons. The number of nitrogens with zero attached hydrogens (tertiary/aromatic N) is 1. The van der Waals surface area contributed by atoms with Crippen LogP contribution < -0.4 is 11.5 Å². The molecule has 0 aliphatic carbocycles. The van der Waals surface area contributed by atoms with E-state index in [1.54, 1.807) is 12.1 Å². The number of aliphatic imine (C=N–C) groups is 1. The Morgan fingerprint density at radius 2 is 2.06 bits per heavy atom. The van der Waals surface area contributed by atoms with Gasteiger partial charge in [0.25, 0.3) is 6.02 Å². The molecule has 0 spiro atoms. The molecule has 0 saturated carbocycles. The minimum Gasteiger partial charge on any atom is -0.460 e. The van der Waals surface area contributed by atoms with E-state index in [4.69, 9.17) is 16.2 Å². The molecule has 1 aromatic rings. The molecule has 0 unspecified atom stereocenters. The Bertz CT molecular complexity index is 468. The van der Waals surface area contributed by atoms with Gasteiger partial charge in [0.15, 0.2) is 0 Å². The Morgan fingerprint density at radius 1 is 1.39 bits per heavy atom. The van der Waals surface area contributed by atoms with Crippen molar-refractivity contribution < 1.29 is 9.53 Å². The number of benzene rings is 1. The Morgan fingerprint density at radius 3 is 2.56 bits per heavy atom. The number of aryl methyl sites for hydroxylation is 1. The van der Waals surface area contributed by atoms with Gasteiger partial charge >= 0.3 is 0 Å². The van der Waals surface area contributed by atoms with E-state index in [1.807, 2.05) is 19.1 Å². The van der Waals surface area contributed by atoms with E-state index in [2.05, 4.69) is 4.99 Å². The largest absolute Gasteiger partial charge is 0.460 e. The van der Waals surface area contributed by atoms with E-state index in [-0.39, 0.29) is 18.2 Å². The highest BCUT2D eigenvalue weighted by Crippen LogP contribution is 2.17. The number of hydrogen-bond donors (Lipinski definition) is 2. The first kappa shape index (κ1) is 12.4. The highest BCUT2D eigenvalue weighted by Gasteiger charge is 2.25. The molecular weight excluding hydrogens is 230 g/mol. The van der Waals surface area contributed by atoms with Crippen molar-refractivity contribution in [3.63, 3.8) is 0 Å². The first-order valence-corrected chi connectivity index (χ1v) is 5.95. The van der Waals surface area contributed by atoms with Crippen molar-refractivity contribution >= 4 is 11.9 Å². The maximum atomic E-state index is 10.9.